The number of carboxylic acid groups (broad SMARTS) is 1. The Hall–Kier alpha value is -1.30. The molecule has 21 heavy (non-hydrogen) atoms. The fourth-order valence-electron chi connectivity index (χ4n) is 3.40. The fraction of sp³-hybridized carbons (Fsp3) is 0.867. The molecule has 0 radical (unpaired) electrons. The van der Waals surface area contributed by atoms with E-state index in [1.807, 2.05) is 0 Å². The number of likely N-dealkylation sites (tertiary alicyclic amines) is 1. The maximum Gasteiger partial charge on any atom is 0.329 e. The molecule has 1 unspecified atom stereocenters. The zero-order chi connectivity index (χ0) is 15.5. The molecule has 0 aromatic carbocycles. The van der Waals surface area contributed by atoms with Gasteiger partial charge in [-0.1, -0.05) is 25.7 Å². The highest BCUT2D eigenvalue weighted by Crippen LogP contribution is 2.28. The third kappa shape index (κ3) is 3.87. The molecule has 2 fully saturated rings. The maximum atomic E-state index is 12.4. The molecule has 0 aromatic heterocycles. The number of nitrogens with zero attached hydrogens (tertiary/aromatic N) is 1. The summed E-state index contributed by atoms with van der Waals surface area (Å²) in [4.78, 5) is 25.6. The molecule has 0 spiro atoms. The highest BCUT2D eigenvalue weighted by Gasteiger charge is 2.42. The number of β-amino-alcohol motifs (C(OH)–C–C–N with tert-alkyl or cyclic N) is 1. The molecule has 1 saturated carbocycles. The SMILES string of the molecule is CC1(O)CCCN(C(=O)NC2(C(=O)O)CCCCCC2)C1. The summed E-state index contributed by atoms with van der Waals surface area (Å²) in [6.45, 7) is 2.54. The van der Waals surface area contributed by atoms with Gasteiger partial charge in [0, 0.05) is 6.54 Å². The zero-order valence-corrected chi connectivity index (χ0v) is 12.7. The second-order valence-corrected chi connectivity index (χ2v) is 6.75. The van der Waals surface area contributed by atoms with E-state index in [9.17, 15) is 19.8 Å². The smallest absolute Gasteiger partial charge is 0.329 e. The number of aliphatic carboxylic acids is 1. The van der Waals surface area contributed by atoms with Crippen molar-refractivity contribution in [3.63, 3.8) is 0 Å². The normalized spacial score (nSPS) is 29.5. The van der Waals surface area contributed by atoms with Gasteiger partial charge in [0.25, 0.3) is 0 Å². The number of aliphatic hydroxyl groups is 1. The number of hydrogen-bond acceptors (Lipinski definition) is 3. The van der Waals surface area contributed by atoms with Crippen molar-refractivity contribution in [1.82, 2.24) is 10.2 Å². The first-order chi connectivity index (χ1) is 9.85. The number of carboxylic acids is 1. The number of piperidine rings is 1. The second-order valence-electron chi connectivity index (χ2n) is 6.75. The minimum Gasteiger partial charge on any atom is -0.480 e. The minimum absolute atomic E-state index is 0.258. The van der Waals surface area contributed by atoms with E-state index in [4.69, 9.17) is 0 Å². The molecule has 1 heterocycles. The van der Waals surface area contributed by atoms with Gasteiger partial charge in [-0.05, 0) is 32.6 Å². The quantitative estimate of drug-likeness (QED) is 0.677. The van der Waals surface area contributed by atoms with Crippen LogP contribution in [0.15, 0.2) is 0 Å². The van der Waals surface area contributed by atoms with Crippen LogP contribution in [0.4, 0.5) is 4.79 Å². The topological polar surface area (TPSA) is 89.9 Å². The molecule has 2 amide bonds. The van der Waals surface area contributed by atoms with Crippen molar-refractivity contribution in [2.45, 2.75) is 69.4 Å². The van der Waals surface area contributed by atoms with Crippen LogP contribution in [0.3, 0.4) is 0 Å². The lowest BCUT2D eigenvalue weighted by Gasteiger charge is -2.39. The molecule has 0 aromatic rings. The molecule has 1 aliphatic heterocycles. The van der Waals surface area contributed by atoms with Crippen LogP contribution in [-0.2, 0) is 4.79 Å². The monoisotopic (exact) mass is 298 g/mol. The molecule has 2 aliphatic rings. The van der Waals surface area contributed by atoms with Gasteiger partial charge in [0.05, 0.1) is 12.1 Å². The first kappa shape index (κ1) is 16.1. The molecule has 6 nitrogen and oxygen atoms in total. The summed E-state index contributed by atoms with van der Waals surface area (Å²) in [5.74, 6) is -0.943. The van der Waals surface area contributed by atoms with Crippen LogP contribution in [0.25, 0.3) is 0 Å². The van der Waals surface area contributed by atoms with Gasteiger partial charge in [-0.3, -0.25) is 0 Å². The highest BCUT2D eigenvalue weighted by molar-refractivity contribution is 5.86. The summed E-state index contributed by atoms with van der Waals surface area (Å²) in [5, 5.41) is 22.4. The summed E-state index contributed by atoms with van der Waals surface area (Å²) in [5.41, 5.74) is -2.02. The van der Waals surface area contributed by atoms with Crippen LogP contribution in [-0.4, -0.2) is 51.3 Å². The summed E-state index contributed by atoms with van der Waals surface area (Å²) >= 11 is 0. The molecule has 6 heteroatoms. The fourth-order valence-corrected chi connectivity index (χ4v) is 3.40. The summed E-state index contributed by atoms with van der Waals surface area (Å²) in [7, 11) is 0. The molecule has 120 valence electrons. The van der Waals surface area contributed by atoms with Gasteiger partial charge in [-0.25, -0.2) is 9.59 Å². The number of amides is 2. The predicted molar refractivity (Wildman–Crippen MR) is 78.0 cm³/mol. The van der Waals surface area contributed by atoms with Crippen LogP contribution < -0.4 is 5.32 Å². The Kier molecular flexibility index (Phi) is 4.76. The summed E-state index contributed by atoms with van der Waals surface area (Å²) in [6, 6.07) is -0.362. The number of rotatable bonds is 2. The third-order valence-electron chi connectivity index (χ3n) is 4.67. The summed E-state index contributed by atoms with van der Waals surface area (Å²) < 4.78 is 0. The van der Waals surface area contributed by atoms with Gasteiger partial charge in [0.1, 0.15) is 5.54 Å². The Morgan fingerprint density at radius 2 is 1.67 bits per heavy atom. The molecule has 1 saturated heterocycles. The van der Waals surface area contributed by atoms with Crippen molar-refractivity contribution in [2.24, 2.45) is 0 Å². The van der Waals surface area contributed by atoms with E-state index in [1.54, 1.807) is 11.8 Å². The molecule has 1 atom stereocenters. The largest absolute Gasteiger partial charge is 0.480 e. The Morgan fingerprint density at radius 1 is 1.05 bits per heavy atom. The number of urea groups is 1. The van der Waals surface area contributed by atoms with Gasteiger partial charge in [-0.2, -0.15) is 0 Å². The lowest BCUT2D eigenvalue weighted by Crippen LogP contribution is -2.60. The van der Waals surface area contributed by atoms with Gasteiger partial charge >= 0.3 is 12.0 Å². The van der Waals surface area contributed by atoms with E-state index < -0.39 is 17.1 Å². The number of nitrogens with one attached hydrogen (secondary N) is 1. The average molecular weight is 298 g/mol. The Balaban J connectivity index is 2.06. The second kappa shape index (κ2) is 6.22. The van der Waals surface area contributed by atoms with E-state index >= 15 is 0 Å². The summed E-state index contributed by atoms with van der Waals surface area (Å²) in [6.07, 6.45) is 6.05. The number of hydrogen-bond donors (Lipinski definition) is 3. The zero-order valence-electron chi connectivity index (χ0n) is 12.7. The van der Waals surface area contributed by atoms with Crippen molar-refractivity contribution in [1.29, 1.82) is 0 Å². The standard InChI is InChI=1S/C15H26N2O4/c1-14(21)7-6-10-17(11-14)13(20)16-15(12(18)19)8-4-2-3-5-9-15/h21H,2-11H2,1H3,(H,16,20)(H,18,19). The van der Waals surface area contributed by atoms with E-state index in [0.717, 1.165) is 32.1 Å². The molecular weight excluding hydrogens is 272 g/mol. The van der Waals surface area contributed by atoms with Crippen LogP contribution in [0.1, 0.15) is 58.3 Å². The van der Waals surface area contributed by atoms with Crippen molar-refractivity contribution in [3.05, 3.63) is 0 Å². The number of carbonyl (C=O) groups is 2. The van der Waals surface area contributed by atoms with Crippen LogP contribution in [0, 0.1) is 0 Å². The Labute approximate surface area is 125 Å². The molecular formula is C15H26N2O4. The molecule has 3 N–H and O–H groups in total. The molecule has 0 bridgehead atoms. The van der Waals surface area contributed by atoms with Crippen molar-refractivity contribution in [2.75, 3.05) is 13.1 Å². The van der Waals surface area contributed by atoms with Gasteiger partial charge in [0.2, 0.25) is 0 Å². The number of carbonyl (C=O) groups excluding carboxylic acids is 1. The van der Waals surface area contributed by atoms with E-state index in [-0.39, 0.29) is 12.6 Å². The first-order valence-electron chi connectivity index (χ1n) is 7.88. The molecule has 2 rings (SSSR count). The third-order valence-corrected chi connectivity index (χ3v) is 4.67. The lowest BCUT2D eigenvalue weighted by atomic mass is 9.90. The minimum atomic E-state index is -1.14. The van der Waals surface area contributed by atoms with Crippen molar-refractivity contribution >= 4 is 12.0 Å². The van der Waals surface area contributed by atoms with Crippen LogP contribution >= 0.6 is 0 Å². The van der Waals surface area contributed by atoms with Crippen molar-refractivity contribution < 1.29 is 19.8 Å². The van der Waals surface area contributed by atoms with E-state index in [0.29, 0.717) is 25.8 Å². The predicted octanol–water partition coefficient (Wildman–Crippen LogP) is 1.72. The lowest BCUT2D eigenvalue weighted by molar-refractivity contribution is -0.145. The van der Waals surface area contributed by atoms with Crippen LogP contribution in [0.5, 0.6) is 0 Å². The average Bonchev–Trinajstić information content (AvgIpc) is 2.64. The van der Waals surface area contributed by atoms with E-state index in [2.05, 4.69) is 5.32 Å². The van der Waals surface area contributed by atoms with Gasteiger partial charge < -0.3 is 20.4 Å². The van der Waals surface area contributed by atoms with Gasteiger partial charge in [0.15, 0.2) is 0 Å². The van der Waals surface area contributed by atoms with Crippen molar-refractivity contribution in [3.8, 4) is 0 Å². The highest BCUT2D eigenvalue weighted by atomic mass is 16.4. The first-order valence-corrected chi connectivity index (χ1v) is 7.88. The Bertz CT molecular complexity index is 400. The van der Waals surface area contributed by atoms with E-state index in [1.165, 1.54) is 0 Å². The Morgan fingerprint density at radius 3 is 2.19 bits per heavy atom. The van der Waals surface area contributed by atoms with Gasteiger partial charge in [-0.15, -0.1) is 0 Å². The maximum absolute atomic E-state index is 12.4. The molecule has 1 aliphatic carbocycles. The van der Waals surface area contributed by atoms with Crippen LogP contribution in [0.2, 0.25) is 0 Å².